The van der Waals surface area contributed by atoms with E-state index >= 15 is 0 Å². The predicted octanol–water partition coefficient (Wildman–Crippen LogP) is 4.45. The number of rotatable bonds is 4. The van der Waals surface area contributed by atoms with Crippen LogP contribution in [0.25, 0.3) is 10.9 Å². The number of hydrogen-bond donors (Lipinski definition) is 1. The molecule has 0 spiro atoms. The van der Waals surface area contributed by atoms with Gasteiger partial charge in [0.2, 0.25) is 0 Å². The molecule has 21 heavy (non-hydrogen) atoms. The van der Waals surface area contributed by atoms with Crippen LogP contribution < -0.4 is 0 Å². The Labute approximate surface area is 139 Å². The number of aryl methyl sites for hydroxylation is 1. The molecule has 4 nitrogen and oxygen atoms in total. The van der Waals surface area contributed by atoms with Gasteiger partial charge >= 0.3 is 0 Å². The van der Waals surface area contributed by atoms with Gasteiger partial charge in [0.25, 0.3) is 0 Å². The highest BCUT2D eigenvalue weighted by atomic mass is 79.9. The maximum atomic E-state index is 10.4. The van der Waals surface area contributed by atoms with Crippen molar-refractivity contribution in [2.45, 2.75) is 26.0 Å². The SMILES string of the molecule is CCn1nc(CC(O)c2cc(Br)c(Br)o2)c2ccccc21. The van der Waals surface area contributed by atoms with Crippen LogP contribution in [0, 0.1) is 0 Å². The maximum Gasteiger partial charge on any atom is 0.183 e. The topological polar surface area (TPSA) is 51.2 Å². The van der Waals surface area contributed by atoms with E-state index in [0.29, 0.717) is 16.9 Å². The number of para-hydroxylation sites is 1. The molecule has 110 valence electrons. The molecule has 1 N–H and O–H groups in total. The van der Waals surface area contributed by atoms with Gasteiger partial charge in [-0.2, -0.15) is 5.10 Å². The summed E-state index contributed by atoms with van der Waals surface area (Å²) in [5, 5.41) is 16.0. The second-order valence-corrected chi connectivity index (χ2v) is 6.34. The number of hydrogen-bond acceptors (Lipinski definition) is 3. The number of fused-ring (bicyclic) bond motifs is 1. The second-order valence-electron chi connectivity index (χ2n) is 4.77. The first kappa shape index (κ1) is 14.8. The molecule has 1 unspecified atom stereocenters. The van der Waals surface area contributed by atoms with Crippen LogP contribution in [-0.4, -0.2) is 14.9 Å². The first-order valence-corrected chi connectivity index (χ1v) is 8.26. The molecule has 0 aliphatic carbocycles. The van der Waals surface area contributed by atoms with Crippen molar-refractivity contribution in [3.05, 3.63) is 50.9 Å². The van der Waals surface area contributed by atoms with E-state index in [1.54, 1.807) is 6.07 Å². The summed E-state index contributed by atoms with van der Waals surface area (Å²) in [6.07, 6.45) is -0.309. The van der Waals surface area contributed by atoms with Crippen LogP contribution in [-0.2, 0) is 13.0 Å². The van der Waals surface area contributed by atoms with Crippen molar-refractivity contribution in [2.24, 2.45) is 0 Å². The van der Waals surface area contributed by atoms with Crippen molar-refractivity contribution in [3.8, 4) is 0 Å². The molecular formula is C15H14Br2N2O2. The summed E-state index contributed by atoms with van der Waals surface area (Å²) < 4.78 is 8.80. The maximum absolute atomic E-state index is 10.4. The van der Waals surface area contributed by atoms with Gasteiger partial charge < -0.3 is 9.52 Å². The van der Waals surface area contributed by atoms with E-state index in [2.05, 4.69) is 43.9 Å². The summed E-state index contributed by atoms with van der Waals surface area (Å²) in [6, 6.07) is 9.83. The summed E-state index contributed by atoms with van der Waals surface area (Å²) in [4.78, 5) is 0. The number of nitrogens with zero attached hydrogens (tertiary/aromatic N) is 2. The minimum Gasteiger partial charge on any atom is -0.450 e. The van der Waals surface area contributed by atoms with Gasteiger partial charge in [-0.25, -0.2) is 0 Å². The molecule has 2 heterocycles. The molecule has 1 atom stereocenters. The molecule has 0 radical (unpaired) electrons. The van der Waals surface area contributed by atoms with E-state index in [1.165, 1.54) is 0 Å². The number of furan rings is 1. The fourth-order valence-corrected chi connectivity index (χ4v) is 3.01. The molecule has 0 saturated carbocycles. The Morgan fingerprint density at radius 1 is 1.33 bits per heavy atom. The summed E-state index contributed by atoms with van der Waals surface area (Å²) in [6.45, 7) is 2.86. The molecule has 6 heteroatoms. The van der Waals surface area contributed by atoms with Crippen LogP contribution in [0.4, 0.5) is 0 Å². The van der Waals surface area contributed by atoms with Crippen molar-refractivity contribution in [1.82, 2.24) is 9.78 Å². The lowest BCUT2D eigenvalue weighted by atomic mass is 10.1. The van der Waals surface area contributed by atoms with E-state index in [0.717, 1.165) is 27.6 Å². The molecule has 0 aliphatic rings. The van der Waals surface area contributed by atoms with Gasteiger partial charge in [-0.3, -0.25) is 4.68 Å². The minimum atomic E-state index is -0.726. The van der Waals surface area contributed by atoms with E-state index in [-0.39, 0.29) is 0 Å². The summed E-state index contributed by atoms with van der Waals surface area (Å²) >= 11 is 6.63. The lowest BCUT2D eigenvalue weighted by Crippen LogP contribution is -2.03. The largest absolute Gasteiger partial charge is 0.450 e. The molecule has 0 amide bonds. The average Bonchev–Trinajstić information content (AvgIpc) is 3.01. The van der Waals surface area contributed by atoms with Crippen molar-refractivity contribution in [1.29, 1.82) is 0 Å². The highest BCUT2D eigenvalue weighted by molar-refractivity contribution is 9.13. The van der Waals surface area contributed by atoms with Gasteiger partial charge in [-0.05, 0) is 50.9 Å². The molecule has 1 aromatic carbocycles. The quantitative estimate of drug-likeness (QED) is 0.687. The fourth-order valence-electron chi connectivity index (χ4n) is 2.40. The zero-order chi connectivity index (χ0) is 15.0. The number of halogens is 2. The van der Waals surface area contributed by atoms with E-state index < -0.39 is 6.10 Å². The van der Waals surface area contributed by atoms with Gasteiger partial charge in [0.1, 0.15) is 11.9 Å². The van der Waals surface area contributed by atoms with Crippen molar-refractivity contribution >= 4 is 42.8 Å². The summed E-state index contributed by atoms with van der Waals surface area (Å²) in [7, 11) is 0. The number of benzene rings is 1. The van der Waals surface area contributed by atoms with Gasteiger partial charge in [0.05, 0.1) is 15.7 Å². The highest BCUT2D eigenvalue weighted by Gasteiger charge is 2.19. The van der Waals surface area contributed by atoms with Gasteiger partial charge in [0, 0.05) is 18.4 Å². The van der Waals surface area contributed by atoms with Crippen LogP contribution >= 0.6 is 31.9 Å². The first-order valence-electron chi connectivity index (χ1n) is 6.67. The van der Waals surface area contributed by atoms with E-state index in [9.17, 15) is 5.11 Å². The minimum absolute atomic E-state index is 0.417. The normalized spacial score (nSPS) is 13.0. The Morgan fingerprint density at radius 2 is 2.10 bits per heavy atom. The Kier molecular flexibility index (Phi) is 4.19. The Balaban J connectivity index is 1.94. The van der Waals surface area contributed by atoms with Crippen LogP contribution in [0.3, 0.4) is 0 Å². The summed E-state index contributed by atoms with van der Waals surface area (Å²) in [5.74, 6) is 0.517. The lowest BCUT2D eigenvalue weighted by Gasteiger charge is -2.05. The van der Waals surface area contributed by atoms with Crippen LogP contribution in [0.1, 0.15) is 24.5 Å². The molecule has 0 aliphatic heterocycles. The number of aliphatic hydroxyl groups excluding tert-OH is 1. The monoisotopic (exact) mass is 412 g/mol. The molecular weight excluding hydrogens is 400 g/mol. The smallest absolute Gasteiger partial charge is 0.183 e. The van der Waals surface area contributed by atoms with E-state index in [4.69, 9.17) is 4.42 Å². The Hall–Kier alpha value is -1.11. The van der Waals surface area contributed by atoms with Crippen molar-refractivity contribution in [3.63, 3.8) is 0 Å². The van der Waals surface area contributed by atoms with Crippen LogP contribution in [0.2, 0.25) is 0 Å². The predicted molar refractivity (Wildman–Crippen MR) is 88.2 cm³/mol. The Morgan fingerprint density at radius 3 is 2.76 bits per heavy atom. The van der Waals surface area contributed by atoms with Crippen molar-refractivity contribution in [2.75, 3.05) is 0 Å². The molecule has 0 fully saturated rings. The highest BCUT2D eigenvalue weighted by Crippen LogP contribution is 2.32. The zero-order valence-corrected chi connectivity index (χ0v) is 14.6. The number of aromatic nitrogens is 2. The van der Waals surface area contributed by atoms with Crippen LogP contribution in [0.5, 0.6) is 0 Å². The third-order valence-electron chi connectivity index (χ3n) is 3.41. The third kappa shape index (κ3) is 2.80. The Bertz CT molecular complexity index is 760. The second kappa shape index (κ2) is 5.94. The molecule has 3 aromatic rings. The first-order chi connectivity index (χ1) is 10.1. The lowest BCUT2D eigenvalue weighted by molar-refractivity contribution is 0.148. The fraction of sp³-hybridized carbons (Fsp3) is 0.267. The van der Waals surface area contributed by atoms with Gasteiger partial charge in [0.15, 0.2) is 4.67 Å². The van der Waals surface area contributed by atoms with E-state index in [1.807, 2.05) is 28.9 Å². The van der Waals surface area contributed by atoms with Gasteiger partial charge in [-0.1, -0.05) is 18.2 Å². The van der Waals surface area contributed by atoms with Crippen LogP contribution in [0.15, 0.2) is 43.9 Å². The van der Waals surface area contributed by atoms with Gasteiger partial charge in [-0.15, -0.1) is 0 Å². The third-order valence-corrected chi connectivity index (χ3v) is 5.12. The van der Waals surface area contributed by atoms with Crippen molar-refractivity contribution < 1.29 is 9.52 Å². The number of aliphatic hydroxyl groups is 1. The zero-order valence-electron chi connectivity index (χ0n) is 11.4. The molecule has 2 aromatic heterocycles. The molecule has 3 rings (SSSR count). The molecule has 0 saturated heterocycles. The molecule has 0 bridgehead atoms. The standard InChI is InChI=1S/C15H14Br2N2O2/c1-2-19-12-6-4-3-5-9(12)11(18-19)8-13(20)14-7-10(16)15(17)21-14/h3-7,13,20H,2,8H2,1H3. The average molecular weight is 414 g/mol. The summed E-state index contributed by atoms with van der Waals surface area (Å²) in [5.41, 5.74) is 1.97.